The summed E-state index contributed by atoms with van der Waals surface area (Å²) in [5.74, 6) is 1.66. The maximum Gasteiger partial charge on any atom is 0.242 e. The molecule has 0 heterocycles. The molecule has 0 spiro atoms. The van der Waals surface area contributed by atoms with Gasteiger partial charge in [-0.1, -0.05) is 6.07 Å². The van der Waals surface area contributed by atoms with E-state index in [1.54, 1.807) is 7.11 Å². The normalized spacial score (nSPS) is 11.3. The fourth-order valence-corrected chi connectivity index (χ4v) is 2.14. The lowest BCUT2D eigenvalue weighted by atomic mass is 10.2. The van der Waals surface area contributed by atoms with Crippen LogP contribution in [0.4, 0.5) is 0 Å². The van der Waals surface area contributed by atoms with Gasteiger partial charge in [-0.2, -0.15) is 0 Å². The molecule has 0 bridgehead atoms. The molecular weight excluding hydrogens is 206 g/mol. The summed E-state index contributed by atoms with van der Waals surface area (Å²) in [4.78, 5) is 0. The first kappa shape index (κ1) is 12.1. The maximum atomic E-state index is 5.86. The van der Waals surface area contributed by atoms with Crippen LogP contribution in [0.15, 0.2) is 18.2 Å². The minimum atomic E-state index is -1.55. The summed E-state index contributed by atoms with van der Waals surface area (Å²) >= 11 is 0. The molecule has 0 unspecified atom stereocenters. The van der Waals surface area contributed by atoms with Crippen molar-refractivity contribution in [1.29, 1.82) is 0 Å². The average molecular weight is 225 g/mol. The molecule has 1 rings (SSSR count). The van der Waals surface area contributed by atoms with E-state index < -0.39 is 8.32 Å². The Morgan fingerprint density at radius 3 is 2.40 bits per heavy atom. The van der Waals surface area contributed by atoms with Gasteiger partial charge in [0.15, 0.2) is 0 Å². The van der Waals surface area contributed by atoms with Crippen LogP contribution in [0.1, 0.15) is 5.56 Å². The van der Waals surface area contributed by atoms with Crippen LogP contribution in [-0.4, -0.2) is 15.4 Å². The van der Waals surface area contributed by atoms with E-state index in [0.29, 0.717) is 6.54 Å². The summed E-state index contributed by atoms with van der Waals surface area (Å²) in [7, 11) is 0.0975. The first-order chi connectivity index (χ1) is 6.96. The van der Waals surface area contributed by atoms with E-state index in [9.17, 15) is 0 Å². The lowest BCUT2D eigenvalue weighted by Gasteiger charge is -2.20. The number of rotatable bonds is 4. The Balaban J connectivity index is 2.93. The van der Waals surface area contributed by atoms with Crippen LogP contribution in [0.25, 0.3) is 0 Å². The fraction of sp³-hybridized carbons (Fsp3) is 0.455. The van der Waals surface area contributed by atoms with Crippen LogP contribution >= 0.6 is 0 Å². The molecule has 3 nitrogen and oxygen atoms in total. The summed E-state index contributed by atoms with van der Waals surface area (Å²) in [5, 5.41) is 0. The van der Waals surface area contributed by atoms with Gasteiger partial charge in [0.1, 0.15) is 11.5 Å². The Kier molecular flexibility index (Phi) is 3.76. The van der Waals surface area contributed by atoms with Crippen LogP contribution in [0, 0.1) is 0 Å². The van der Waals surface area contributed by atoms with Gasteiger partial charge >= 0.3 is 0 Å². The molecule has 0 saturated heterocycles. The molecule has 0 amide bonds. The SMILES string of the molecule is COc1cc(O[Si](C)(C)C)ccc1CN. The van der Waals surface area contributed by atoms with E-state index in [4.69, 9.17) is 14.9 Å². The monoisotopic (exact) mass is 225 g/mol. The zero-order valence-corrected chi connectivity index (χ0v) is 10.8. The van der Waals surface area contributed by atoms with Gasteiger partial charge in [0.25, 0.3) is 0 Å². The molecule has 0 saturated carbocycles. The second kappa shape index (κ2) is 4.68. The fourth-order valence-electron chi connectivity index (χ4n) is 1.31. The predicted molar refractivity (Wildman–Crippen MR) is 64.9 cm³/mol. The zero-order valence-electron chi connectivity index (χ0n) is 9.83. The third kappa shape index (κ3) is 3.57. The summed E-state index contributed by atoms with van der Waals surface area (Å²) in [6.07, 6.45) is 0. The summed E-state index contributed by atoms with van der Waals surface area (Å²) in [6, 6.07) is 5.80. The minimum Gasteiger partial charge on any atom is -0.544 e. The molecule has 0 fully saturated rings. The second-order valence-electron chi connectivity index (χ2n) is 4.39. The van der Waals surface area contributed by atoms with E-state index in [2.05, 4.69) is 19.6 Å². The first-order valence-corrected chi connectivity index (χ1v) is 8.43. The van der Waals surface area contributed by atoms with Crippen LogP contribution < -0.4 is 14.9 Å². The number of hydrogen-bond donors (Lipinski definition) is 1. The van der Waals surface area contributed by atoms with Crippen molar-refractivity contribution in [1.82, 2.24) is 0 Å². The lowest BCUT2D eigenvalue weighted by Crippen LogP contribution is -2.29. The molecule has 1 aromatic carbocycles. The number of nitrogens with two attached hydrogens (primary N) is 1. The third-order valence-corrected chi connectivity index (χ3v) is 2.75. The quantitative estimate of drug-likeness (QED) is 0.800. The molecule has 0 aromatic heterocycles. The number of methoxy groups -OCH3 is 1. The number of hydrogen-bond acceptors (Lipinski definition) is 3. The Hall–Kier alpha value is -1.00. The van der Waals surface area contributed by atoms with Crippen molar-refractivity contribution in [3.05, 3.63) is 23.8 Å². The van der Waals surface area contributed by atoms with E-state index in [1.807, 2.05) is 18.2 Å². The van der Waals surface area contributed by atoms with Crippen molar-refractivity contribution in [2.75, 3.05) is 7.11 Å². The predicted octanol–water partition coefficient (Wildman–Crippen LogP) is 2.37. The van der Waals surface area contributed by atoms with Gasteiger partial charge in [-0.05, 0) is 25.7 Å². The van der Waals surface area contributed by atoms with Gasteiger partial charge in [0, 0.05) is 18.2 Å². The Morgan fingerprint density at radius 1 is 1.27 bits per heavy atom. The molecule has 0 aliphatic heterocycles. The maximum absolute atomic E-state index is 5.86. The molecule has 0 atom stereocenters. The smallest absolute Gasteiger partial charge is 0.242 e. The van der Waals surface area contributed by atoms with Crippen molar-refractivity contribution in [2.24, 2.45) is 5.73 Å². The number of ether oxygens (including phenoxy) is 1. The molecule has 15 heavy (non-hydrogen) atoms. The molecule has 4 heteroatoms. The lowest BCUT2D eigenvalue weighted by molar-refractivity contribution is 0.407. The van der Waals surface area contributed by atoms with Gasteiger partial charge < -0.3 is 14.9 Å². The van der Waals surface area contributed by atoms with Crippen LogP contribution in [0.3, 0.4) is 0 Å². The van der Waals surface area contributed by atoms with E-state index >= 15 is 0 Å². The summed E-state index contributed by atoms with van der Waals surface area (Å²) in [6.45, 7) is 6.93. The van der Waals surface area contributed by atoms with E-state index in [-0.39, 0.29) is 0 Å². The summed E-state index contributed by atoms with van der Waals surface area (Å²) < 4.78 is 11.1. The molecule has 0 radical (unpaired) electrons. The highest BCUT2D eigenvalue weighted by Gasteiger charge is 2.16. The second-order valence-corrected chi connectivity index (χ2v) is 8.82. The Labute approximate surface area is 92.3 Å². The average Bonchev–Trinajstić information content (AvgIpc) is 2.15. The van der Waals surface area contributed by atoms with Gasteiger partial charge in [-0.15, -0.1) is 0 Å². The van der Waals surface area contributed by atoms with Crippen molar-refractivity contribution in [3.63, 3.8) is 0 Å². The Morgan fingerprint density at radius 2 is 1.93 bits per heavy atom. The molecule has 1 aromatic rings. The van der Waals surface area contributed by atoms with E-state index in [0.717, 1.165) is 17.1 Å². The highest BCUT2D eigenvalue weighted by atomic mass is 28.4. The van der Waals surface area contributed by atoms with Gasteiger partial charge in [-0.3, -0.25) is 0 Å². The van der Waals surface area contributed by atoms with Crippen molar-refractivity contribution < 1.29 is 9.16 Å². The van der Waals surface area contributed by atoms with Crippen LogP contribution in [0.2, 0.25) is 19.6 Å². The van der Waals surface area contributed by atoms with Gasteiger partial charge in [0.2, 0.25) is 8.32 Å². The van der Waals surface area contributed by atoms with Crippen molar-refractivity contribution >= 4 is 8.32 Å². The Bertz CT molecular complexity index is 334. The number of benzene rings is 1. The molecule has 2 N–H and O–H groups in total. The van der Waals surface area contributed by atoms with Crippen molar-refractivity contribution in [2.45, 2.75) is 26.2 Å². The minimum absolute atomic E-state index is 0.483. The van der Waals surface area contributed by atoms with Gasteiger partial charge in [-0.25, -0.2) is 0 Å². The first-order valence-electron chi connectivity index (χ1n) is 5.02. The van der Waals surface area contributed by atoms with Gasteiger partial charge in [0.05, 0.1) is 7.11 Å². The standard InChI is InChI=1S/C11H19NO2Si/c1-13-11-7-10(14-15(2,3)4)6-5-9(11)8-12/h5-7H,8,12H2,1-4H3. The highest BCUT2D eigenvalue weighted by Crippen LogP contribution is 2.26. The molecule has 0 aliphatic carbocycles. The van der Waals surface area contributed by atoms with Crippen molar-refractivity contribution in [3.8, 4) is 11.5 Å². The third-order valence-electron chi connectivity index (χ3n) is 1.90. The highest BCUT2D eigenvalue weighted by molar-refractivity contribution is 6.70. The molecule has 84 valence electrons. The van der Waals surface area contributed by atoms with Crippen LogP contribution in [0.5, 0.6) is 11.5 Å². The summed E-state index contributed by atoms with van der Waals surface area (Å²) in [5.41, 5.74) is 6.59. The largest absolute Gasteiger partial charge is 0.544 e. The topological polar surface area (TPSA) is 44.5 Å². The molecule has 0 aliphatic rings. The molecular formula is C11H19NO2Si. The zero-order chi connectivity index (χ0) is 11.5. The van der Waals surface area contributed by atoms with Crippen LogP contribution in [-0.2, 0) is 6.54 Å². The van der Waals surface area contributed by atoms with E-state index in [1.165, 1.54) is 0 Å².